The topological polar surface area (TPSA) is 122 Å². The number of anilines is 1. The lowest BCUT2D eigenvalue weighted by Crippen LogP contribution is -2.37. The van der Waals surface area contributed by atoms with Gasteiger partial charge in [0.15, 0.2) is 6.61 Å². The highest BCUT2D eigenvalue weighted by molar-refractivity contribution is 6.35. The van der Waals surface area contributed by atoms with Crippen LogP contribution >= 0.6 is 0 Å². The zero-order valence-electron chi connectivity index (χ0n) is 18.0. The van der Waals surface area contributed by atoms with Crippen LogP contribution in [0.5, 0.6) is 5.75 Å². The van der Waals surface area contributed by atoms with Crippen molar-refractivity contribution in [3.63, 3.8) is 0 Å². The lowest BCUT2D eigenvalue weighted by Gasteiger charge is -2.08. The molecule has 1 aromatic heterocycles. The first-order valence-electron chi connectivity index (χ1n) is 10.3. The normalized spacial score (nSPS) is 10.6. The lowest BCUT2D eigenvalue weighted by molar-refractivity contribution is -0.139. The first-order valence-corrected chi connectivity index (χ1v) is 10.3. The molecule has 9 nitrogen and oxygen atoms in total. The number of carbonyl (C=O) groups excluding carboxylic acids is 3. The van der Waals surface area contributed by atoms with E-state index in [1.54, 1.807) is 36.4 Å². The quantitative estimate of drug-likeness (QED) is 0.264. The second-order valence-corrected chi connectivity index (χ2v) is 6.92. The highest BCUT2D eigenvalue weighted by Gasteiger charge is 2.12. The summed E-state index contributed by atoms with van der Waals surface area (Å²) in [6.45, 7) is 2.04. The first kappa shape index (κ1) is 23.3. The molecule has 3 aromatic rings. The lowest BCUT2D eigenvalue weighted by atomic mass is 10.1. The number of benzene rings is 2. The summed E-state index contributed by atoms with van der Waals surface area (Å²) in [5.74, 6) is -0.951. The molecule has 0 spiro atoms. The molecule has 0 unspecified atom stereocenters. The van der Waals surface area contributed by atoms with Gasteiger partial charge in [0.1, 0.15) is 11.5 Å². The van der Waals surface area contributed by atoms with Crippen molar-refractivity contribution < 1.29 is 23.5 Å². The molecule has 0 aliphatic carbocycles. The van der Waals surface area contributed by atoms with Crippen LogP contribution in [0.4, 0.5) is 5.69 Å². The Labute approximate surface area is 190 Å². The number of furan rings is 1. The molecule has 2 aromatic carbocycles. The number of nitrogens with one attached hydrogen (secondary N) is 3. The molecule has 33 heavy (non-hydrogen) atoms. The Kier molecular flexibility index (Phi) is 8.35. The minimum atomic E-state index is -0.895. The van der Waals surface area contributed by atoms with E-state index in [0.717, 1.165) is 6.42 Å². The first-order chi connectivity index (χ1) is 16.0. The summed E-state index contributed by atoms with van der Waals surface area (Å²) in [6, 6.07) is 17.7. The second-order valence-electron chi connectivity index (χ2n) is 6.92. The van der Waals surface area contributed by atoms with Gasteiger partial charge in [0.25, 0.3) is 5.91 Å². The number of amides is 3. The molecule has 0 aliphatic rings. The molecule has 0 fully saturated rings. The van der Waals surface area contributed by atoms with Gasteiger partial charge in [-0.05, 0) is 66.1 Å². The zero-order chi connectivity index (χ0) is 23.5. The van der Waals surface area contributed by atoms with E-state index < -0.39 is 11.8 Å². The Bertz CT molecular complexity index is 1090. The molecule has 0 aliphatic heterocycles. The smallest absolute Gasteiger partial charge is 0.329 e. The third kappa shape index (κ3) is 7.66. The Morgan fingerprint density at radius 3 is 2.42 bits per heavy atom. The van der Waals surface area contributed by atoms with Gasteiger partial charge in [-0.15, -0.1) is 0 Å². The summed E-state index contributed by atoms with van der Waals surface area (Å²) in [4.78, 5) is 35.5. The van der Waals surface area contributed by atoms with Crippen LogP contribution < -0.4 is 20.8 Å². The molecule has 1 heterocycles. The molecule has 0 saturated carbocycles. The van der Waals surface area contributed by atoms with Gasteiger partial charge in [-0.3, -0.25) is 14.4 Å². The molecule has 0 bridgehead atoms. The van der Waals surface area contributed by atoms with Crippen LogP contribution in [-0.4, -0.2) is 30.5 Å². The Morgan fingerprint density at radius 1 is 1.00 bits per heavy atom. The number of ether oxygens (including phenoxy) is 1. The minimum absolute atomic E-state index is 0.105. The number of aryl methyl sites for hydroxylation is 1. The summed E-state index contributed by atoms with van der Waals surface area (Å²) in [5, 5.41) is 8.95. The van der Waals surface area contributed by atoms with Crippen molar-refractivity contribution in [3.05, 3.63) is 83.8 Å². The largest absolute Gasteiger partial charge is 0.484 e. The van der Waals surface area contributed by atoms with Crippen LogP contribution in [0.25, 0.3) is 0 Å². The Morgan fingerprint density at radius 2 is 1.76 bits per heavy atom. The standard InChI is InChI=1S/C24H24N4O5/c1-2-17-5-9-19(10-6-17)27-22(29)16-33-20-11-7-18(8-12-20)14-26-28-24(31)23(30)25-15-21-4-3-13-32-21/h3-14H,2,15-16H2,1H3,(H,25,30)(H,27,29)(H,28,31)/b26-14-. The fraction of sp³-hybridized carbons (Fsp3) is 0.167. The number of hydrogen-bond donors (Lipinski definition) is 3. The predicted molar refractivity (Wildman–Crippen MR) is 123 cm³/mol. The number of carbonyl (C=O) groups is 3. The van der Waals surface area contributed by atoms with Gasteiger partial charge in [0, 0.05) is 5.69 Å². The van der Waals surface area contributed by atoms with Crippen molar-refractivity contribution >= 4 is 29.6 Å². The van der Waals surface area contributed by atoms with E-state index >= 15 is 0 Å². The Balaban J connectivity index is 1.38. The molecule has 0 atom stereocenters. The SMILES string of the molecule is CCc1ccc(NC(=O)COc2ccc(/C=N\NC(=O)C(=O)NCc3ccco3)cc2)cc1. The van der Waals surface area contributed by atoms with Gasteiger partial charge < -0.3 is 19.8 Å². The molecule has 0 saturated heterocycles. The van der Waals surface area contributed by atoms with Gasteiger partial charge >= 0.3 is 11.8 Å². The van der Waals surface area contributed by atoms with E-state index in [9.17, 15) is 14.4 Å². The van der Waals surface area contributed by atoms with E-state index in [0.29, 0.717) is 22.8 Å². The fourth-order valence-electron chi connectivity index (χ4n) is 2.70. The minimum Gasteiger partial charge on any atom is -0.484 e. The van der Waals surface area contributed by atoms with E-state index in [2.05, 4.69) is 28.1 Å². The van der Waals surface area contributed by atoms with Crippen LogP contribution in [0.1, 0.15) is 23.8 Å². The third-order valence-corrected chi connectivity index (χ3v) is 4.49. The predicted octanol–water partition coefficient (Wildman–Crippen LogP) is 2.63. The molecule has 9 heteroatoms. The third-order valence-electron chi connectivity index (χ3n) is 4.49. The van der Waals surface area contributed by atoms with Gasteiger partial charge in [-0.1, -0.05) is 19.1 Å². The summed E-state index contributed by atoms with van der Waals surface area (Å²) in [5.41, 5.74) is 4.72. The molecule has 3 rings (SSSR count). The summed E-state index contributed by atoms with van der Waals surface area (Å²) in [7, 11) is 0. The number of hydrazone groups is 1. The van der Waals surface area contributed by atoms with Crippen molar-refractivity contribution in [2.75, 3.05) is 11.9 Å². The van der Waals surface area contributed by atoms with Crippen molar-refractivity contribution in [1.82, 2.24) is 10.7 Å². The number of hydrogen-bond acceptors (Lipinski definition) is 6. The maximum absolute atomic E-state index is 12.0. The summed E-state index contributed by atoms with van der Waals surface area (Å²) < 4.78 is 10.6. The van der Waals surface area contributed by atoms with Crippen molar-refractivity contribution in [1.29, 1.82) is 0 Å². The monoisotopic (exact) mass is 448 g/mol. The second kappa shape index (κ2) is 11.8. The van der Waals surface area contributed by atoms with Crippen molar-refractivity contribution in [2.24, 2.45) is 5.10 Å². The average molecular weight is 448 g/mol. The van der Waals surface area contributed by atoms with E-state index in [4.69, 9.17) is 9.15 Å². The summed E-state index contributed by atoms with van der Waals surface area (Å²) >= 11 is 0. The van der Waals surface area contributed by atoms with Gasteiger partial charge in [-0.2, -0.15) is 5.10 Å². The summed E-state index contributed by atoms with van der Waals surface area (Å²) in [6.07, 6.45) is 3.80. The highest BCUT2D eigenvalue weighted by Crippen LogP contribution is 2.12. The number of nitrogens with zero attached hydrogens (tertiary/aromatic N) is 1. The molecular formula is C24H24N4O5. The van der Waals surface area contributed by atoms with Crippen LogP contribution in [-0.2, 0) is 27.3 Å². The number of rotatable bonds is 9. The van der Waals surface area contributed by atoms with Gasteiger partial charge in [-0.25, -0.2) is 5.43 Å². The molecule has 170 valence electrons. The van der Waals surface area contributed by atoms with Crippen molar-refractivity contribution in [2.45, 2.75) is 19.9 Å². The van der Waals surface area contributed by atoms with E-state index in [1.807, 2.05) is 24.3 Å². The maximum atomic E-state index is 12.0. The van der Waals surface area contributed by atoms with Crippen LogP contribution in [0.15, 0.2) is 76.4 Å². The van der Waals surface area contributed by atoms with Crippen LogP contribution in [0, 0.1) is 0 Å². The Hall–Kier alpha value is -4.40. The van der Waals surface area contributed by atoms with Crippen molar-refractivity contribution in [3.8, 4) is 5.75 Å². The molecular weight excluding hydrogens is 424 g/mol. The molecule has 0 radical (unpaired) electrons. The van der Waals surface area contributed by atoms with Gasteiger partial charge in [0.2, 0.25) is 0 Å². The van der Waals surface area contributed by atoms with Crippen LogP contribution in [0.3, 0.4) is 0 Å². The van der Waals surface area contributed by atoms with E-state index in [1.165, 1.54) is 18.0 Å². The fourth-order valence-corrected chi connectivity index (χ4v) is 2.70. The molecule has 3 amide bonds. The van der Waals surface area contributed by atoms with E-state index in [-0.39, 0.29) is 19.1 Å². The van der Waals surface area contributed by atoms with Crippen LogP contribution in [0.2, 0.25) is 0 Å². The average Bonchev–Trinajstić information content (AvgIpc) is 3.36. The molecule has 3 N–H and O–H groups in total. The van der Waals surface area contributed by atoms with Gasteiger partial charge in [0.05, 0.1) is 19.0 Å². The highest BCUT2D eigenvalue weighted by atomic mass is 16.5. The maximum Gasteiger partial charge on any atom is 0.329 e. The zero-order valence-corrected chi connectivity index (χ0v) is 18.0.